The molecule has 5 rings (SSSR count). The maximum Gasteiger partial charge on any atom is 0.254 e. The lowest BCUT2D eigenvalue weighted by atomic mass is 9.88. The number of anilines is 1. The van der Waals surface area contributed by atoms with Gasteiger partial charge in [-0.2, -0.15) is 0 Å². The summed E-state index contributed by atoms with van der Waals surface area (Å²) < 4.78 is 0. The first-order valence-corrected chi connectivity index (χ1v) is 15.2. The minimum absolute atomic E-state index is 0.122. The largest absolute Gasteiger partial charge is 0.330 e. The molecule has 2 heterocycles. The second kappa shape index (κ2) is 8.36. The summed E-state index contributed by atoms with van der Waals surface area (Å²) in [5, 5.41) is 0. The van der Waals surface area contributed by atoms with Crippen molar-refractivity contribution >= 4 is 31.5 Å². The lowest BCUT2D eigenvalue weighted by molar-refractivity contribution is -0.123. The van der Waals surface area contributed by atoms with Crippen molar-refractivity contribution < 1.29 is 14.4 Å². The average Bonchev–Trinajstić information content (AvgIpc) is 3.33. The predicted octanol–water partition coefficient (Wildman–Crippen LogP) is 4.94. The molecule has 0 spiro atoms. The SMILES string of the molecule is C[Si](C)(C)[C@H]1[C@@H]2C(=O)N(c3ccccc3)C(=O)[C@H]2[C@@H](c2ccccc2)N1C(=O)c1ccccc1. The zero-order valence-electron chi connectivity index (χ0n) is 19.6. The van der Waals surface area contributed by atoms with Crippen LogP contribution in [0.25, 0.3) is 0 Å². The van der Waals surface area contributed by atoms with Gasteiger partial charge in [-0.15, -0.1) is 0 Å². The van der Waals surface area contributed by atoms with Gasteiger partial charge in [0.15, 0.2) is 0 Å². The molecule has 5 nitrogen and oxygen atoms in total. The number of fused-ring (bicyclic) bond motifs is 1. The average molecular weight is 469 g/mol. The Morgan fingerprint density at radius 2 is 1.21 bits per heavy atom. The van der Waals surface area contributed by atoms with E-state index in [0.29, 0.717) is 11.3 Å². The Bertz CT molecular complexity index is 1220. The third-order valence-electron chi connectivity index (χ3n) is 6.98. The van der Waals surface area contributed by atoms with Crippen LogP contribution in [-0.2, 0) is 9.59 Å². The summed E-state index contributed by atoms with van der Waals surface area (Å²) in [7, 11) is -2.14. The fourth-order valence-corrected chi connectivity index (χ4v) is 8.22. The van der Waals surface area contributed by atoms with Crippen LogP contribution >= 0.6 is 0 Å². The van der Waals surface area contributed by atoms with E-state index in [0.717, 1.165) is 5.56 Å². The van der Waals surface area contributed by atoms with Crippen molar-refractivity contribution in [1.29, 1.82) is 0 Å². The van der Waals surface area contributed by atoms with Crippen molar-refractivity contribution in [3.8, 4) is 0 Å². The molecular weight excluding hydrogens is 440 g/mol. The number of para-hydroxylation sites is 1. The molecule has 172 valence electrons. The van der Waals surface area contributed by atoms with Crippen molar-refractivity contribution in [3.63, 3.8) is 0 Å². The quantitative estimate of drug-likeness (QED) is 0.403. The highest BCUT2D eigenvalue weighted by Crippen LogP contribution is 2.53. The minimum Gasteiger partial charge on any atom is -0.330 e. The summed E-state index contributed by atoms with van der Waals surface area (Å²) in [5.41, 5.74) is 1.75. The summed E-state index contributed by atoms with van der Waals surface area (Å²) in [5.74, 6) is -1.71. The number of imide groups is 1. The highest BCUT2D eigenvalue weighted by atomic mass is 28.3. The molecule has 2 fully saturated rings. The molecule has 0 unspecified atom stereocenters. The molecule has 34 heavy (non-hydrogen) atoms. The monoisotopic (exact) mass is 468 g/mol. The molecule has 3 aromatic carbocycles. The Labute approximate surface area is 201 Å². The zero-order chi connectivity index (χ0) is 24.0. The van der Waals surface area contributed by atoms with Crippen LogP contribution < -0.4 is 4.90 Å². The number of likely N-dealkylation sites (tertiary alicyclic amines) is 1. The van der Waals surface area contributed by atoms with Gasteiger partial charge in [0.1, 0.15) is 0 Å². The van der Waals surface area contributed by atoms with Gasteiger partial charge >= 0.3 is 0 Å². The Morgan fingerprint density at radius 1 is 0.706 bits per heavy atom. The Morgan fingerprint density at radius 3 is 1.76 bits per heavy atom. The summed E-state index contributed by atoms with van der Waals surface area (Å²) >= 11 is 0. The third-order valence-corrected chi connectivity index (χ3v) is 9.39. The summed E-state index contributed by atoms with van der Waals surface area (Å²) in [6, 6.07) is 27.5. The number of hydrogen-bond donors (Lipinski definition) is 0. The van der Waals surface area contributed by atoms with Gasteiger partial charge in [-0.05, 0) is 29.8 Å². The number of nitrogens with zero attached hydrogens (tertiary/aromatic N) is 2. The van der Waals surface area contributed by atoms with E-state index in [-0.39, 0.29) is 23.4 Å². The first-order chi connectivity index (χ1) is 16.3. The number of rotatable bonds is 4. The number of amides is 3. The predicted molar refractivity (Wildman–Crippen MR) is 135 cm³/mol. The van der Waals surface area contributed by atoms with E-state index >= 15 is 0 Å². The molecule has 4 atom stereocenters. The molecule has 0 aromatic heterocycles. The van der Waals surface area contributed by atoms with Crippen LogP contribution in [0.1, 0.15) is 22.0 Å². The van der Waals surface area contributed by atoms with Gasteiger partial charge in [-0.25, -0.2) is 4.90 Å². The maximum atomic E-state index is 14.0. The maximum absolute atomic E-state index is 14.0. The van der Waals surface area contributed by atoms with E-state index in [2.05, 4.69) is 19.6 Å². The van der Waals surface area contributed by atoms with Crippen LogP contribution in [0.4, 0.5) is 5.69 Å². The fraction of sp³-hybridized carbons (Fsp3) is 0.250. The smallest absolute Gasteiger partial charge is 0.254 e. The lowest BCUT2D eigenvalue weighted by Gasteiger charge is -2.39. The van der Waals surface area contributed by atoms with Crippen LogP contribution in [0.5, 0.6) is 0 Å². The van der Waals surface area contributed by atoms with Crippen LogP contribution in [0, 0.1) is 11.8 Å². The first kappa shape index (κ1) is 22.3. The third kappa shape index (κ3) is 3.49. The standard InChI is InChI=1S/C28H28N2O3Si/c1-34(2,3)28-23-22(26(32)29(27(23)33)21-17-11-6-12-18-21)24(19-13-7-4-8-14-19)30(28)25(31)20-15-9-5-10-16-20/h4-18,22-24,28H,1-3H3/t22-,23+,24-,28+/m1/s1. The second-order valence-corrected chi connectivity index (χ2v) is 15.5. The van der Waals surface area contributed by atoms with Crippen molar-refractivity contribution in [2.24, 2.45) is 11.8 Å². The second-order valence-electron chi connectivity index (χ2n) is 10.1. The van der Waals surface area contributed by atoms with Crippen LogP contribution in [0.2, 0.25) is 19.6 Å². The molecule has 2 aliphatic heterocycles. The Kier molecular flexibility index (Phi) is 5.48. The highest BCUT2D eigenvalue weighted by Gasteiger charge is 2.66. The molecule has 0 radical (unpaired) electrons. The van der Waals surface area contributed by atoms with Gasteiger partial charge in [0.25, 0.3) is 5.91 Å². The van der Waals surface area contributed by atoms with Crippen LogP contribution in [0.15, 0.2) is 91.0 Å². The van der Waals surface area contributed by atoms with E-state index in [1.807, 2.05) is 71.6 Å². The summed E-state index contributed by atoms with van der Waals surface area (Å²) in [6.07, 6.45) is 0. The first-order valence-electron chi connectivity index (χ1n) is 11.7. The molecule has 3 amide bonds. The van der Waals surface area contributed by atoms with Gasteiger partial charge in [0.2, 0.25) is 11.8 Å². The van der Waals surface area contributed by atoms with Gasteiger partial charge < -0.3 is 4.90 Å². The van der Waals surface area contributed by atoms with E-state index < -0.39 is 26.0 Å². The van der Waals surface area contributed by atoms with Crippen LogP contribution in [0.3, 0.4) is 0 Å². The zero-order valence-corrected chi connectivity index (χ0v) is 20.6. The number of benzene rings is 3. The van der Waals surface area contributed by atoms with E-state index in [4.69, 9.17) is 0 Å². The van der Waals surface area contributed by atoms with E-state index in [9.17, 15) is 14.4 Å². The number of hydrogen-bond acceptors (Lipinski definition) is 3. The summed E-state index contributed by atoms with van der Waals surface area (Å²) in [4.78, 5) is 45.1. The van der Waals surface area contributed by atoms with Gasteiger partial charge in [-0.1, -0.05) is 86.4 Å². The molecule has 2 saturated heterocycles. The van der Waals surface area contributed by atoms with E-state index in [1.165, 1.54) is 4.90 Å². The molecule has 0 N–H and O–H groups in total. The van der Waals surface area contributed by atoms with Crippen molar-refractivity contribution in [1.82, 2.24) is 4.90 Å². The van der Waals surface area contributed by atoms with Crippen molar-refractivity contribution in [3.05, 3.63) is 102 Å². The van der Waals surface area contributed by atoms with Crippen LogP contribution in [-0.4, -0.2) is 36.4 Å². The molecule has 6 heteroatoms. The normalized spacial score (nSPS) is 24.4. The molecule has 0 bridgehead atoms. The molecule has 0 aliphatic carbocycles. The number of carbonyl (C=O) groups is 3. The van der Waals surface area contributed by atoms with Gasteiger partial charge in [0, 0.05) is 11.2 Å². The topological polar surface area (TPSA) is 57.7 Å². The summed E-state index contributed by atoms with van der Waals surface area (Å²) in [6.45, 7) is 6.53. The van der Waals surface area contributed by atoms with Crippen molar-refractivity contribution in [2.75, 3.05) is 4.90 Å². The number of carbonyl (C=O) groups excluding carboxylic acids is 3. The van der Waals surface area contributed by atoms with Crippen molar-refractivity contribution in [2.45, 2.75) is 31.3 Å². The molecular formula is C28H28N2O3Si. The Balaban J connectivity index is 1.70. The highest BCUT2D eigenvalue weighted by molar-refractivity contribution is 6.78. The molecule has 0 saturated carbocycles. The lowest BCUT2D eigenvalue weighted by Crippen LogP contribution is -2.55. The molecule has 3 aromatic rings. The van der Waals surface area contributed by atoms with Gasteiger partial charge in [-0.3, -0.25) is 14.4 Å². The minimum atomic E-state index is -2.14. The molecule has 2 aliphatic rings. The fourth-order valence-electron chi connectivity index (χ4n) is 5.68. The van der Waals surface area contributed by atoms with E-state index in [1.54, 1.807) is 24.3 Å². The Hall–Kier alpha value is -3.51. The van der Waals surface area contributed by atoms with Gasteiger partial charge in [0.05, 0.1) is 31.6 Å².